The molecule has 1 heterocycles. The van der Waals surface area contributed by atoms with Gasteiger partial charge in [-0.25, -0.2) is 0 Å². The van der Waals surface area contributed by atoms with E-state index in [9.17, 15) is 0 Å². The molecule has 0 amide bonds. The molecule has 1 aromatic rings. The van der Waals surface area contributed by atoms with Crippen molar-refractivity contribution in [2.45, 2.75) is 65.9 Å². The maximum atomic E-state index is 5.67. The molecule has 0 aliphatic carbocycles. The van der Waals surface area contributed by atoms with Crippen molar-refractivity contribution in [2.75, 3.05) is 13.7 Å². The number of ether oxygens (including phenoxy) is 1. The van der Waals surface area contributed by atoms with Crippen LogP contribution in [0, 0.1) is 11.3 Å². The summed E-state index contributed by atoms with van der Waals surface area (Å²) in [7, 11) is 1.68. The lowest BCUT2D eigenvalue weighted by Crippen LogP contribution is -2.21. The molecule has 5 heteroatoms. The molecule has 0 aromatic carbocycles. The topological polar surface area (TPSA) is 74.2 Å². The highest BCUT2D eigenvalue weighted by molar-refractivity contribution is 4.96. The number of aryl methyl sites for hydroxylation is 1. The van der Waals surface area contributed by atoms with Crippen LogP contribution in [0.15, 0.2) is 4.52 Å². The average molecular weight is 297 g/mol. The SMILES string of the molecule is CCCC(CCN)CCc1nc(C(OC)C(C)(C)C)no1. The van der Waals surface area contributed by atoms with Crippen molar-refractivity contribution in [3.8, 4) is 0 Å². The highest BCUT2D eigenvalue weighted by atomic mass is 16.5. The number of nitrogens with two attached hydrogens (primary N) is 1. The molecule has 0 spiro atoms. The lowest BCUT2D eigenvalue weighted by atomic mass is 9.88. The molecule has 1 rings (SSSR count). The lowest BCUT2D eigenvalue weighted by Gasteiger charge is -2.26. The standard InChI is InChI=1S/C16H31N3O2/c1-6-7-12(10-11-17)8-9-13-18-15(19-21-13)14(20-5)16(2,3)4/h12,14H,6-11,17H2,1-5H3. The zero-order valence-corrected chi connectivity index (χ0v) is 14.2. The number of rotatable bonds is 9. The number of nitrogens with zero attached hydrogens (tertiary/aromatic N) is 2. The van der Waals surface area contributed by atoms with Gasteiger partial charge in [0.15, 0.2) is 0 Å². The highest BCUT2D eigenvalue weighted by Crippen LogP contribution is 2.33. The van der Waals surface area contributed by atoms with Gasteiger partial charge in [-0.3, -0.25) is 0 Å². The van der Waals surface area contributed by atoms with Gasteiger partial charge in [0.25, 0.3) is 0 Å². The van der Waals surface area contributed by atoms with Crippen molar-refractivity contribution in [3.63, 3.8) is 0 Å². The van der Waals surface area contributed by atoms with Crippen LogP contribution in [0.25, 0.3) is 0 Å². The summed E-state index contributed by atoms with van der Waals surface area (Å²) in [6.45, 7) is 9.28. The van der Waals surface area contributed by atoms with Crippen molar-refractivity contribution in [1.82, 2.24) is 10.1 Å². The molecule has 0 fully saturated rings. The Bertz CT molecular complexity index is 392. The summed E-state index contributed by atoms with van der Waals surface area (Å²) in [4.78, 5) is 4.51. The lowest BCUT2D eigenvalue weighted by molar-refractivity contribution is 0.00718. The molecule has 2 unspecified atom stereocenters. The van der Waals surface area contributed by atoms with E-state index in [4.69, 9.17) is 15.0 Å². The molecule has 5 nitrogen and oxygen atoms in total. The van der Waals surface area contributed by atoms with Crippen LogP contribution in [0.1, 0.15) is 71.2 Å². The smallest absolute Gasteiger partial charge is 0.226 e. The predicted molar refractivity (Wildman–Crippen MR) is 83.9 cm³/mol. The summed E-state index contributed by atoms with van der Waals surface area (Å²) in [6, 6.07) is 0. The largest absolute Gasteiger partial charge is 0.373 e. The van der Waals surface area contributed by atoms with Gasteiger partial charge < -0.3 is 15.0 Å². The molecule has 2 atom stereocenters. The Kier molecular flexibility index (Phi) is 7.32. The first-order valence-electron chi connectivity index (χ1n) is 7.97. The van der Waals surface area contributed by atoms with Gasteiger partial charge in [-0.1, -0.05) is 45.7 Å². The van der Waals surface area contributed by atoms with Gasteiger partial charge in [-0.05, 0) is 30.7 Å². The van der Waals surface area contributed by atoms with E-state index in [-0.39, 0.29) is 11.5 Å². The third kappa shape index (κ3) is 5.75. The number of aromatic nitrogens is 2. The van der Waals surface area contributed by atoms with Crippen molar-refractivity contribution >= 4 is 0 Å². The molecule has 21 heavy (non-hydrogen) atoms. The third-order valence-electron chi connectivity index (χ3n) is 3.78. The number of hydrogen-bond donors (Lipinski definition) is 1. The molecule has 122 valence electrons. The fraction of sp³-hybridized carbons (Fsp3) is 0.875. The summed E-state index contributed by atoms with van der Waals surface area (Å²) in [5, 5.41) is 4.09. The second-order valence-electron chi connectivity index (χ2n) is 6.80. The zero-order valence-electron chi connectivity index (χ0n) is 14.2. The first kappa shape index (κ1) is 18.1. The second-order valence-corrected chi connectivity index (χ2v) is 6.80. The van der Waals surface area contributed by atoms with E-state index in [0.29, 0.717) is 17.6 Å². The minimum Gasteiger partial charge on any atom is -0.373 e. The van der Waals surface area contributed by atoms with Gasteiger partial charge in [0, 0.05) is 13.5 Å². The Morgan fingerprint density at radius 1 is 1.24 bits per heavy atom. The van der Waals surface area contributed by atoms with Gasteiger partial charge in [0.2, 0.25) is 11.7 Å². The number of hydrogen-bond acceptors (Lipinski definition) is 5. The van der Waals surface area contributed by atoms with Crippen LogP contribution in [0.3, 0.4) is 0 Å². The molecule has 0 radical (unpaired) electrons. The van der Waals surface area contributed by atoms with Crippen LogP contribution >= 0.6 is 0 Å². The van der Waals surface area contributed by atoms with E-state index in [1.807, 2.05) is 0 Å². The number of methoxy groups -OCH3 is 1. The summed E-state index contributed by atoms with van der Waals surface area (Å²) in [5.74, 6) is 2.00. The molecule has 0 saturated heterocycles. The van der Waals surface area contributed by atoms with Gasteiger partial charge >= 0.3 is 0 Å². The maximum absolute atomic E-state index is 5.67. The third-order valence-corrected chi connectivity index (χ3v) is 3.78. The van der Waals surface area contributed by atoms with Crippen molar-refractivity contribution in [2.24, 2.45) is 17.1 Å². The Morgan fingerprint density at radius 3 is 2.48 bits per heavy atom. The van der Waals surface area contributed by atoms with Crippen LogP contribution in [0.2, 0.25) is 0 Å². The van der Waals surface area contributed by atoms with E-state index < -0.39 is 0 Å². The van der Waals surface area contributed by atoms with E-state index in [2.05, 4.69) is 37.8 Å². The van der Waals surface area contributed by atoms with Crippen LogP contribution in [0.4, 0.5) is 0 Å². The van der Waals surface area contributed by atoms with Gasteiger partial charge in [0.05, 0.1) is 0 Å². The summed E-state index contributed by atoms with van der Waals surface area (Å²) in [5.41, 5.74) is 5.62. The normalized spacial score (nSPS) is 15.1. The van der Waals surface area contributed by atoms with Crippen molar-refractivity contribution in [3.05, 3.63) is 11.7 Å². The first-order chi connectivity index (χ1) is 9.92. The van der Waals surface area contributed by atoms with Crippen LogP contribution < -0.4 is 5.73 Å². The Balaban J connectivity index is 2.62. The molecule has 0 aliphatic heterocycles. The summed E-state index contributed by atoms with van der Waals surface area (Å²) >= 11 is 0. The Morgan fingerprint density at radius 2 is 1.95 bits per heavy atom. The Labute approximate surface area is 128 Å². The molecule has 1 aromatic heterocycles. The summed E-state index contributed by atoms with van der Waals surface area (Å²) in [6.07, 6.45) is 5.19. The van der Waals surface area contributed by atoms with Gasteiger partial charge in [-0.2, -0.15) is 4.98 Å². The monoisotopic (exact) mass is 297 g/mol. The molecule has 2 N–H and O–H groups in total. The molecule has 0 saturated carbocycles. The fourth-order valence-corrected chi connectivity index (χ4v) is 2.73. The fourth-order valence-electron chi connectivity index (χ4n) is 2.73. The predicted octanol–water partition coefficient (Wildman–Crippen LogP) is 3.50. The van der Waals surface area contributed by atoms with E-state index >= 15 is 0 Å². The van der Waals surface area contributed by atoms with Crippen LogP contribution in [-0.4, -0.2) is 23.8 Å². The molecule has 0 bridgehead atoms. The summed E-state index contributed by atoms with van der Waals surface area (Å²) < 4.78 is 10.9. The highest BCUT2D eigenvalue weighted by Gasteiger charge is 2.30. The van der Waals surface area contributed by atoms with Gasteiger partial charge in [-0.15, -0.1) is 0 Å². The van der Waals surface area contributed by atoms with Gasteiger partial charge in [0.1, 0.15) is 6.10 Å². The minimum absolute atomic E-state index is 0.0554. The second kappa shape index (κ2) is 8.49. The zero-order chi connectivity index (χ0) is 15.9. The van der Waals surface area contributed by atoms with Crippen molar-refractivity contribution < 1.29 is 9.26 Å². The van der Waals surface area contributed by atoms with E-state index in [1.165, 1.54) is 12.8 Å². The van der Waals surface area contributed by atoms with E-state index in [0.717, 1.165) is 25.8 Å². The molecular formula is C16H31N3O2. The molecular weight excluding hydrogens is 266 g/mol. The van der Waals surface area contributed by atoms with E-state index in [1.54, 1.807) is 7.11 Å². The minimum atomic E-state index is -0.148. The quantitative estimate of drug-likeness (QED) is 0.755. The average Bonchev–Trinajstić information content (AvgIpc) is 2.84. The molecule has 0 aliphatic rings. The van der Waals surface area contributed by atoms with Crippen LogP contribution in [-0.2, 0) is 11.2 Å². The van der Waals surface area contributed by atoms with Crippen molar-refractivity contribution in [1.29, 1.82) is 0 Å². The first-order valence-corrected chi connectivity index (χ1v) is 7.97. The maximum Gasteiger partial charge on any atom is 0.226 e. The Hall–Kier alpha value is -0.940. The van der Waals surface area contributed by atoms with Crippen LogP contribution in [0.5, 0.6) is 0 Å².